The van der Waals surface area contributed by atoms with Crippen molar-refractivity contribution in [2.75, 3.05) is 18.4 Å². The number of imide groups is 1. The number of anilines is 1. The highest BCUT2D eigenvalue weighted by Crippen LogP contribution is 2.63. The quantitative estimate of drug-likeness (QED) is 0.161. The van der Waals surface area contributed by atoms with E-state index in [0.29, 0.717) is 73.4 Å². The van der Waals surface area contributed by atoms with E-state index in [2.05, 4.69) is 21.3 Å². The monoisotopic (exact) mass is 911 g/mol. The molecule has 2 spiro atoms. The number of benzene rings is 3. The van der Waals surface area contributed by atoms with Crippen LogP contribution in [0, 0.1) is 11.7 Å². The SMILES string of the molecule is Cn1c(=O)n(C2CCC(=O)NC2=O)c2cccc(C3CCN(C(=O)C4CCC(NC(=O)[C@@H]5NC6(CCCCC6)[C@@]6(C(=O)Nc7cc(Cl)ccc76)[C@H]5c5cccc(Cl)c5F)CC4)CC3)c21. The first kappa shape index (κ1) is 42.9. The molecule has 1 unspecified atom stereocenters. The first-order chi connectivity index (χ1) is 30.8. The second-order valence-electron chi connectivity index (χ2n) is 18.9. The van der Waals surface area contributed by atoms with Gasteiger partial charge >= 0.3 is 5.69 Å². The van der Waals surface area contributed by atoms with Crippen molar-refractivity contribution in [2.24, 2.45) is 13.0 Å². The number of rotatable bonds is 6. The molecular formula is C48H52Cl2FN7O6. The van der Waals surface area contributed by atoms with Crippen molar-refractivity contribution in [1.29, 1.82) is 0 Å². The van der Waals surface area contributed by atoms with E-state index in [1.54, 1.807) is 35.9 Å². The molecule has 4 N–H and O–H groups in total. The van der Waals surface area contributed by atoms with Crippen molar-refractivity contribution in [1.82, 2.24) is 30.0 Å². The number of nitrogens with one attached hydrogen (secondary N) is 4. The third-order valence-corrected chi connectivity index (χ3v) is 16.2. The summed E-state index contributed by atoms with van der Waals surface area (Å²) in [7, 11) is 1.71. The first-order valence-electron chi connectivity index (χ1n) is 22.8. The summed E-state index contributed by atoms with van der Waals surface area (Å²) in [5.41, 5.74) is 1.45. The van der Waals surface area contributed by atoms with Gasteiger partial charge in [-0.15, -0.1) is 0 Å². The summed E-state index contributed by atoms with van der Waals surface area (Å²) >= 11 is 12.9. The van der Waals surface area contributed by atoms with Crippen LogP contribution in [0.25, 0.3) is 11.0 Å². The fourth-order valence-corrected chi connectivity index (χ4v) is 13.0. The van der Waals surface area contributed by atoms with E-state index in [4.69, 9.17) is 23.2 Å². The summed E-state index contributed by atoms with van der Waals surface area (Å²) in [4.78, 5) is 83.6. The lowest BCUT2D eigenvalue weighted by Crippen LogP contribution is -2.60. The average Bonchev–Trinajstić information content (AvgIpc) is 3.85. The zero-order valence-corrected chi connectivity index (χ0v) is 37.2. The standard InChI is InChI=1S/C48H52Cl2FN7O6/c1-56-41-30(7-6-10-35(41)58(46(56)64)36-17-18-37(59)54-42(36)60)26-19-23-57(24-20-26)44(62)27-11-14-29(15-12-27)52-43(61)40-38(31-8-5-9-33(50)39(31)51)48(47(55-40)21-3-2-4-22-47)32-16-13-28(49)25-34(32)53-45(48)63/h5-10,13,16,25-27,29,36,38,40,55H,2-4,11-12,14-15,17-24H2,1H3,(H,52,61)(H,53,63)(H,54,59,60)/t27?,29?,36?,38-,40+,48+/m0/s1. The smallest absolute Gasteiger partial charge is 0.329 e. The number of aryl methyl sites for hydroxylation is 1. The van der Waals surface area contributed by atoms with Gasteiger partial charge in [-0.2, -0.15) is 0 Å². The first-order valence-corrected chi connectivity index (χ1v) is 23.5. The number of fused-ring (bicyclic) bond motifs is 4. The number of carbonyl (C=O) groups is 5. The molecule has 6 aliphatic rings. The van der Waals surface area contributed by atoms with E-state index in [1.807, 2.05) is 29.2 Å². The number of carbonyl (C=O) groups excluding carboxylic acids is 5. The number of hydrogen-bond donors (Lipinski definition) is 4. The number of piperidine rings is 2. The Morgan fingerprint density at radius 3 is 2.30 bits per heavy atom. The zero-order chi connectivity index (χ0) is 44.7. The lowest BCUT2D eigenvalue weighted by molar-refractivity contribution is -0.138. The van der Waals surface area contributed by atoms with E-state index in [0.717, 1.165) is 43.2 Å². The van der Waals surface area contributed by atoms with E-state index < -0.39 is 40.7 Å². The van der Waals surface area contributed by atoms with Crippen molar-refractivity contribution < 1.29 is 28.4 Å². The number of hydrogen-bond acceptors (Lipinski definition) is 7. The Kier molecular flexibility index (Phi) is 11.0. The topological polar surface area (TPSA) is 164 Å². The minimum absolute atomic E-state index is 0.0793. The minimum atomic E-state index is -1.32. The molecule has 4 aliphatic heterocycles. The largest absolute Gasteiger partial charge is 0.352 e. The highest BCUT2D eigenvalue weighted by Gasteiger charge is 2.72. The van der Waals surface area contributed by atoms with E-state index in [1.165, 1.54) is 10.6 Å². The van der Waals surface area contributed by atoms with Crippen molar-refractivity contribution >= 4 is 69.5 Å². The molecular weight excluding hydrogens is 860 g/mol. The van der Waals surface area contributed by atoms with Gasteiger partial charge in [-0.05, 0) is 105 Å². The summed E-state index contributed by atoms with van der Waals surface area (Å²) in [5.74, 6) is -2.94. The fraction of sp³-hybridized carbons (Fsp3) is 0.500. The number of amides is 5. The van der Waals surface area contributed by atoms with E-state index >= 15 is 4.39 Å². The second kappa shape index (κ2) is 16.4. The molecule has 5 fully saturated rings. The number of halogens is 3. The van der Waals surface area contributed by atoms with Crippen molar-refractivity contribution in [2.45, 2.75) is 124 Å². The normalized spacial score (nSPS) is 28.1. The van der Waals surface area contributed by atoms with Gasteiger partial charge in [0.2, 0.25) is 29.5 Å². The van der Waals surface area contributed by atoms with Crippen molar-refractivity contribution in [3.63, 3.8) is 0 Å². The van der Waals surface area contributed by atoms with Crippen LogP contribution in [0.2, 0.25) is 10.0 Å². The van der Waals surface area contributed by atoms with Crippen LogP contribution in [-0.4, -0.2) is 74.3 Å². The van der Waals surface area contributed by atoms with Crippen LogP contribution in [0.5, 0.6) is 0 Å². The molecule has 64 heavy (non-hydrogen) atoms. The number of imidazole rings is 1. The van der Waals surface area contributed by atoms with Crippen LogP contribution >= 0.6 is 23.2 Å². The fourth-order valence-electron chi connectivity index (χ4n) is 12.7. The molecule has 2 aliphatic carbocycles. The van der Waals surface area contributed by atoms with Crippen molar-refractivity contribution in [3.8, 4) is 0 Å². The van der Waals surface area contributed by atoms with Crippen LogP contribution in [0.1, 0.15) is 118 Å². The third kappa shape index (κ3) is 6.71. The molecule has 336 valence electrons. The highest BCUT2D eigenvalue weighted by molar-refractivity contribution is 6.31. The molecule has 1 aromatic heterocycles. The number of nitrogens with zero attached hydrogens (tertiary/aromatic N) is 3. The predicted molar refractivity (Wildman–Crippen MR) is 240 cm³/mol. The van der Waals surface area contributed by atoms with Gasteiger partial charge in [-0.3, -0.25) is 43.7 Å². The molecule has 4 aromatic rings. The van der Waals surface area contributed by atoms with Crippen LogP contribution in [0.4, 0.5) is 10.1 Å². The van der Waals surface area contributed by atoms with E-state index in [9.17, 15) is 28.8 Å². The number of aromatic nitrogens is 2. The van der Waals surface area contributed by atoms with Gasteiger partial charge in [0.1, 0.15) is 17.3 Å². The Morgan fingerprint density at radius 1 is 0.844 bits per heavy atom. The molecule has 5 heterocycles. The maximum atomic E-state index is 16.4. The van der Waals surface area contributed by atoms with Gasteiger partial charge in [0.15, 0.2) is 0 Å². The van der Waals surface area contributed by atoms with Crippen LogP contribution < -0.4 is 27.0 Å². The van der Waals surface area contributed by atoms with Crippen LogP contribution in [0.3, 0.4) is 0 Å². The van der Waals surface area contributed by atoms with Gasteiger partial charge < -0.3 is 15.5 Å². The summed E-state index contributed by atoms with van der Waals surface area (Å²) in [6, 6.07) is 13.9. The molecule has 16 heteroatoms. The van der Waals surface area contributed by atoms with Gasteiger partial charge in [0.25, 0.3) is 0 Å². The lowest BCUT2D eigenvalue weighted by atomic mass is 9.55. The molecule has 5 amide bonds. The molecule has 13 nitrogen and oxygen atoms in total. The van der Waals surface area contributed by atoms with Gasteiger partial charge in [0.05, 0.1) is 22.1 Å². The summed E-state index contributed by atoms with van der Waals surface area (Å²) in [6.45, 7) is 1.14. The Hall–Kier alpha value is -5.05. The van der Waals surface area contributed by atoms with Crippen LogP contribution in [0.15, 0.2) is 59.4 Å². The predicted octanol–water partition coefficient (Wildman–Crippen LogP) is 6.49. The lowest BCUT2D eigenvalue weighted by Gasteiger charge is -2.47. The summed E-state index contributed by atoms with van der Waals surface area (Å²) in [5, 5.41) is 12.8. The maximum absolute atomic E-state index is 16.4. The third-order valence-electron chi connectivity index (χ3n) is 15.6. The molecule has 4 atom stereocenters. The Morgan fingerprint density at radius 2 is 1.56 bits per heavy atom. The molecule has 0 bridgehead atoms. The Bertz CT molecular complexity index is 2660. The van der Waals surface area contributed by atoms with Crippen molar-refractivity contribution in [3.05, 3.63) is 97.6 Å². The van der Waals surface area contributed by atoms with Gasteiger partial charge in [-0.1, -0.05) is 72.8 Å². The highest BCUT2D eigenvalue weighted by atomic mass is 35.5. The average molecular weight is 913 g/mol. The molecule has 10 rings (SSSR count). The van der Waals surface area contributed by atoms with Gasteiger partial charge in [-0.25, -0.2) is 9.18 Å². The number of para-hydroxylation sites is 1. The Balaban J connectivity index is 0.830. The molecule has 0 radical (unpaired) electrons. The maximum Gasteiger partial charge on any atom is 0.329 e. The zero-order valence-electron chi connectivity index (χ0n) is 35.7. The summed E-state index contributed by atoms with van der Waals surface area (Å²) < 4.78 is 19.5. The van der Waals surface area contributed by atoms with E-state index in [-0.39, 0.29) is 70.6 Å². The molecule has 3 saturated heterocycles. The minimum Gasteiger partial charge on any atom is -0.352 e. The molecule has 2 saturated carbocycles. The summed E-state index contributed by atoms with van der Waals surface area (Å²) in [6.07, 6.45) is 8.21. The number of likely N-dealkylation sites (tertiary alicyclic amines) is 1. The molecule has 3 aromatic carbocycles. The second-order valence-corrected chi connectivity index (χ2v) is 19.7. The van der Waals surface area contributed by atoms with Gasteiger partial charge in [0, 0.05) is 60.7 Å². The Labute approximate surface area is 379 Å². The van der Waals surface area contributed by atoms with Crippen LogP contribution in [-0.2, 0) is 36.4 Å².